The van der Waals surface area contributed by atoms with Gasteiger partial charge in [-0.2, -0.15) is 0 Å². The lowest BCUT2D eigenvalue weighted by molar-refractivity contribution is 0.0714. The second kappa shape index (κ2) is 10.5. The molecule has 11 heteroatoms. The molecule has 186 valence electrons. The molecule has 0 atom stereocenters. The van der Waals surface area contributed by atoms with E-state index in [-0.39, 0.29) is 16.9 Å². The summed E-state index contributed by atoms with van der Waals surface area (Å²) in [5, 5.41) is 6.33. The Bertz CT molecular complexity index is 1290. The van der Waals surface area contributed by atoms with Crippen LogP contribution in [0.4, 0.5) is 11.4 Å². The Morgan fingerprint density at radius 1 is 0.944 bits per heavy atom. The number of thiocarbonyl (C=S) groups is 1. The molecule has 0 aliphatic carbocycles. The van der Waals surface area contributed by atoms with Gasteiger partial charge in [0.15, 0.2) is 22.4 Å². The van der Waals surface area contributed by atoms with Crippen LogP contribution in [0.15, 0.2) is 59.2 Å². The van der Waals surface area contributed by atoms with Crippen LogP contribution in [0.3, 0.4) is 0 Å². The van der Waals surface area contributed by atoms with Gasteiger partial charge in [0.1, 0.15) is 13.2 Å². The number of anilines is 2. The summed E-state index contributed by atoms with van der Waals surface area (Å²) in [5.41, 5.74) is 1.91. The maximum atomic E-state index is 12.6. The molecule has 36 heavy (non-hydrogen) atoms. The molecule has 1 saturated heterocycles. The molecule has 1 aromatic heterocycles. The standard InChI is InChI=1S/C25H23ClN4O5S/c26-18-15-17(27-25(36)28-23(31)16-3-6-20-22(14-16)35-13-12-34-20)4-5-19(18)29-7-9-30(10-8-29)24(32)21-2-1-11-33-21/h1-6,11,14-15H,7-10,12-13H2,(H2,27,28,31,36). The van der Waals surface area contributed by atoms with Gasteiger partial charge in [-0.1, -0.05) is 11.6 Å². The van der Waals surface area contributed by atoms with Crippen LogP contribution in [0, 0.1) is 0 Å². The van der Waals surface area contributed by atoms with Crippen molar-refractivity contribution in [2.24, 2.45) is 0 Å². The van der Waals surface area contributed by atoms with Crippen LogP contribution in [-0.4, -0.2) is 61.2 Å². The van der Waals surface area contributed by atoms with E-state index >= 15 is 0 Å². The number of ether oxygens (including phenoxy) is 2. The minimum Gasteiger partial charge on any atom is -0.486 e. The van der Waals surface area contributed by atoms with Gasteiger partial charge in [0.25, 0.3) is 11.8 Å². The van der Waals surface area contributed by atoms with E-state index in [0.29, 0.717) is 72.9 Å². The average molecular weight is 527 g/mol. The lowest BCUT2D eigenvalue weighted by atomic mass is 10.2. The zero-order valence-corrected chi connectivity index (χ0v) is 20.7. The predicted octanol–water partition coefficient (Wildman–Crippen LogP) is 3.79. The number of hydrogen-bond acceptors (Lipinski definition) is 7. The number of hydrogen-bond donors (Lipinski definition) is 2. The molecule has 0 spiro atoms. The van der Waals surface area contributed by atoms with Gasteiger partial charge >= 0.3 is 0 Å². The number of benzene rings is 2. The lowest BCUT2D eigenvalue weighted by Crippen LogP contribution is -2.48. The van der Waals surface area contributed by atoms with Crippen molar-refractivity contribution in [3.8, 4) is 11.5 Å². The van der Waals surface area contributed by atoms with Crippen LogP contribution < -0.4 is 25.0 Å². The predicted molar refractivity (Wildman–Crippen MR) is 139 cm³/mol. The number of halogens is 1. The Labute approximate surface area is 217 Å². The van der Waals surface area contributed by atoms with Crippen molar-refractivity contribution in [1.82, 2.24) is 10.2 Å². The van der Waals surface area contributed by atoms with E-state index in [1.807, 2.05) is 12.1 Å². The summed E-state index contributed by atoms with van der Waals surface area (Å²) in [7, 11) is 0. The molecule has 0 bridgehead atoms. The second-order valence-corrected chi connectivity index (χ2v) is 9.00. The third kappa shape index (κ3) is 5.24. The third-order valence-corrected chi connectivity index (χ3v) is 6.38. The maximum Gasteiger partial charge on any atom is 0.289 e. The summed E-state index contributed by atoms with van der Waals surface area (Å²) in [6.07, 6.45) is 1.49. The van der Waals surface area contributed by atoms with Crippen molar-refractivity contribution in [3.05, 3.63) is 71.1 Å². The molecule has 2 aromatic carbocycles. The van der Waals surface area contributed by atoms with Crippen molar-refractivity contribution in [1.29, 1.82) is 0 Å². The fraction of sp³-hybridized carbons (Fsp3) is 0.240. The molecular weight excluding hydrogens is 504 g/mol. The van der Waals surface area contributed by atoms with Gasteiger partial charge < -0.3 is 29.0 Å². The highest BCUT2D eigenvalue weighted by Crippen LogP contribution is 2.31. The van der Waals surface area contributed by atoms with E-state index in [1.165, 1.54) is 6.26 Å². The minimum absolute atomic E-state index is 0.114. The molecule has 5 rings (SSSR count). The Morgan fingerprint density at radius 2 is 1.72 bits per heavy atom. The quantitative estimate of drug-likeness (QED) is 0.496. The fourth-order valence-electron chi connectivity index (χ4n) is 4.07. The van der Waals surface area contributed by atoms with E-state index in [4.69, 9.17) is 37.7 Å². The Morgan fingerprint density at radius 3 is 2.44 bits per heavy atom. The first kappa shape index (κ1) is 24.0. The summed E-state index contributed by atoms with van der Waals surface area (Å²) < 4.78 is 16.2. The number of nitrogens with zero attached hydrogens (tertiary/aromatic N) is 2. The Balaban J connectivity index is 1.16. The van der Waals surface area contributed by atoms with Crippen molar-refractivity contribution in [2.45, 2.75) is 0 Å². The first-order valence-corrected chi connectivity index (χ1v) is 12.2. The van der Waals surface area contributed by atoms with E-state index in [2.05, 4.69) is 15.5 Å². The number of piperazine rings is 1. The van der Waals surface area contributed by atoms with Crippen LogP contribution in [-0.2, 0) is 0 Å². The van der Waals surface area contributed by atoms with E-state index in [1.54, 1.807) is 41.3 Å². The number of fused-ring (bicyclic) bond motifs is 1. The smallest absolute Gasteiger partial charge is 0.289 e. The van der Waals surface area contributed by atoms with Gasteiger partial charge in [-0.3, -0.25) is 14.9 Å². The van der Waals surface area contributed by atoms with E-state index in [9.17, 15) is 9.59 Å². The number of rotatable bonds is 4. The SMILES string of the molecule is O=C(NC(=S)Nc1ccc(N2CCN(C(=O)c3ccco3)CC2)c(Cl)c1)c1ccc2c(c1)OCCO2. The molecule has 0 unspecified atom stereocenters. The number of amides is 2. The van der Waals surface area contributed by atoms with Crippen LogP contribution in [0.1, 0.15) is 20.9 Å². The molecule has 2 aliphatic heterocycles. The summed E-state index contributed by atoms with van der Waals surface area (Å²) in [6.45, 7) is 3.33. The molecule has 2 amide bonds. The molecular formula is C25H23ClN4O5S. The lowest BCUT2D eigenvalue weighted by Gasteiger charge is -2.36. The largest absolute Gasteiger partial charge is 0.486 e. The zero-order chi connectivity index (χ0) is 25.1. The topological polar surface area (TPSA) is 96.3 Å². The first-order chi connectivity index (χ1) is 17.5. The van der Waals surface area contributed by atoms with Crippen LogP contribution in [0.2, 0.25) is 5.02 Å². The molecule has 9 nitrogen and oxygen atoms in total. The molecule has 3 heterocycles. The van der Waals surface area contributed by atoms with Crippen molar-refractivity contribution >= 4 is 52.1 Å². The summed E-state index contributed by atoms with van der Waals surface area (Å²) in [6, 6.07) is 13.8. The molecule has 2 aliphatic rings. The van der Waals surface area contributed by atoms with Gasteiger partial charge in [0.05, 0.1) is 17.0 Å². The van der Waals surface area contributed by atoms with Crippen LogP contribution >= 0.6 is 23.8 Å². The summed E-state index contributed by atoms with van der Waals surface area (Å²) in [4.78, 5) is 29.0. The fourth-order valence-corrected chi connectivity index (χ4v) is 4.58. The van der Waals surface area contributed by atoms with Gasteiger partial charge in [-0.25, -0.2) is 0 Å². The minimum atomic E-state index is -0.367. The zero-order valence-electron chi connectivity index (χ0n) is 19.2. The van der Waals surface area contributed by atoms with Gasteiger partial charge in [0.2, 0.25) is 0 Å². The van der Waals surface area contributed by atoms with Gasteiger partial charge in [0, 0.05) is 37.4 Å². The van der Waals surface area contributed by atoms with Crippen molar-refractivity contribution in [3.63, 3.8) is 0 Å². The maximum absolute atomic E-state index is 12.6. The summed E-state index contributed by atoms with van der Waals surface area (Å²) >= 11 is 11.9. The Kier molecular flexibility index (Phi) is 6.97. The molecule has 0 radical (unpaired) electrons. The van der Waals surface area contributed by atoms with Gasteiger partial charge in [-0.15, -0.1) is 0 Å². The molecule has 1 fully saturated rings. The number of carbonyl (C=O) groups excluding carboxylic acids is 2. The van der Waals surface area contributed by atoms with E-state index in [0.717, 1.165) is 5.69 Å². The number of nitrogens with one attached hydrogen (secondary N) is 2. The van der Waals surface area contributed by atoms with Crippen LogP contribution in [0.5, 0.6) is 11.5 Å². The highest BCUT2D eigenvalue weighted by molar-refractivity contribution is 7.80. The second-order valence-electron chi connectivity index (χ2n) is 8.19. The first-order valence-electron chi connectivity index (χ1n) is 11.4. The highest BCUT2D eigenvalue weighted by Gasteiger charge is 2.25. The third-order valence-electron chi connectivity index (χ3n) is 5.88. The summed E-state index contributed by atoms with van der Waals surface area (Å²) in [5.74, 6) is 1.00. The van der Waals surface area contributed by atoms with Crippen molar-refractivity contribution < 1.29 is 23.5 Å². The molecule has 3 aromatic rings. The average Bonchev–Trinajstić information content (AvgIpc) is 3.43. The number of carbonyl (C=O) groups is 2. The van der Waals surface area contributed by atoms with Crippen LogP contribution in [0.25, 0.3) is 0 Å². The Hall–Kier alpha value is -3.76. The molecule has 0 saturated carbocycles. The van der Waals surface area contributed by atoms with E-state index < -0.39 is 0 Å². The number of furan rings is 1. The monoisotopic (exact) mass is 526 g/mol. The molecule has 2 N–H and O–H groups in total. The highest BCUT2D eigenvalue weighted by atomic mass is 35.5. The normalized spacial score (nSPS) is 14.8. The van der Waals surface area contributed by atoms with Crippen molar-refractivity contribution in [2.75, 3.05) is 49.6 Å². The van der Waals surface area contributed by atoms with Gasteiger partial charge in [-0.05, 0) is 60.7 Å².